The molecule has 0 radical (unpaired) electrons. The molecule has 0 aliphatic heterocycles. The number of amides is 2. The van der Waals surface area contributed by atoms with Crippen molar-refractivity contribution in [2.75, 3.05) is 6.61 Å². The average Bonchev–Trinajstić information content (AvgIpc) is 2.66. The molecule has 3 aromatic carbocycles. The first-order valence-corrected chi connectivity index (χ1v) is 8.58. The van der Waals surface area contributed by atoms with Crippen LogP contribution in [0, 0.1) is 0 Å². The van der Waals surface area contributed by atoms with E-state index >= 15 is 0 Å². The third kappa shape index (κ3) is 4.61. The molecule has 3 N–H and O–H groups in total. The van der Waals surface area contributed by atoms with Gasteiger partial charge in [-0.25, -0.2) is 0 Å². The summed E-state index contributed by atoms with van der Waals surface area (Å²) in [6.07, 6.45) is 0. The van der Waals surface area contributed by atoms with Crippen LogP contribution in [0.2, 0.25) is 10.0 Å². The fraction of sp³-hybridized carbons (Fsp3) is 0.0526. The summed E-state index contributed by atoms with van der Waals surface area (Å²) in [5, 5.41) is 12.3. The van der Waals surface area contributed by atoms with Gasteiger partial charge in [0.25, 0.3) is 11.8 Å². The monoisotopic (exact) mass is 404 g/mol. The lowest BCUT2D eigenvalue weighted by molar-refractivity contribution is -0.123. The predicted octanol–water partition coefficient (Wildman–Crippen LogP) is 3.69. The van der Waals surface area contributed by atoms with Crippen molar-refractivity contribution in [3.8, 4) is 11.5 Å². The van der Waals surface area contributed by atoms with Crippen LogP contribution in [0.15, 0.2) is 54.6 Å². The molecule has 8 heteroatoms. The van der Waals surface area contributed by atoms with Crippen LogP contribution >= 0.6 is 23.2 Å². The first kappa shape index (κ1) is 18.8. The maximum absolute atomic E-state index is 12.2. The van der Waals surface area contributed by atoms with Crippen LogP contribution < -0.4 is 15.6 Å². The van der Waals surface area contributed by atoms with Gasteiger partial charge in [0.1, 0.15) is 11.5 Å². The molecule has 0 heterocycles. The first-order valence-electron chi connectivity index (χ1n) is 7.83. The SMILES string of the molecule is O=C(COc1cc(Cl)ccc1Cl)NNC(=O)c1cc2ccccc2cc1O. The van der Waals surface area contributed by atoms with Gasteiger partial charge >= 0.3 is 0 Å². The topological polar surface area (TPSA) is 87.7 Å². The lowest BCUT2D eigenvalue weighted by atomic mass is 10.1. The number of hydrazine groups is 1. The smallest absolute Gasteiger partial charge is 0.276 e. The molecule has 0 atom stereocenters. The van der Waals surface area contributed by atoms with E-state index in [2.05, 4.69) is 10.9 Å². The minimum atomic E-state index is -0.660. The molecule has 6 nitrogen and oxygen atoms in total. The van der Waals surface area contributed by atoms with Crippen molar-refractivity contribution in [3.63, 3.8) is 0 Å². The van der Waals surface area contributed by atoms with Gasteiger partial charge in [-0.1, -0.05) is 47.5 Å². The Hall–Kier alpha value is -2.96. The van der Waals surface area contributed by atoms with Crippen molar-refractivity contribution in [3.05, 3.63) is 70.2 Å². The van der Waals surface area contributed by atoms with Gasteiger partial charge in [0, 0.05) is 11.1 Å². The molecule has 0 unspecified atom stereocenters. The number of hydrogen-bond acceptors (Lipinski definition) is 4. The molecule has 0 bridgehead atoms. The van der Waals surface area contributed by atoms with E-state index in [1.54, 1.807) is 12.1 Å². The van der Waals surface area contributed by atoms with Crippen molar-refractivity contribution < 1.29 is 19.4 Å². The third-order valence-corrected chi connectivity index (χ3v) is 4.22. The molecule has 3 rings (SSSR count). The Kier molecular flexibility index (Phi) is 5.69. The minimum Gasteiger partial charge on any atom is -0.507 e. The number of phenolic OH excluding ortho intramolecular Hbond substituents is 1. The highest BCUT2D eigenvalue weighted by molar-refractivity contribution is 6.34. The van der Waals surface area contributed by atoms with E-state index in [0.717, 1.165) is 10.8 Å². The van der Waals surface area contributed by atoms with E-state index in [4.69, 9.17) is 27.9 Å². The second-order valence-electron chi connectivity index (χ2n) is 5.58. The molecule has 0 spiro atoms. The molecule has 2 amide bonds. The summed E-state index contributed by atoms with van der Waals surface area (Å²) in [4.78, 5) is 24.1. The number of halogens is 2. The van der Waals surface area contributed by atoms with Crippen molar-refractivity contribution in [2.24, 2.45) is 0 Å². The quantitative estimate of drug-likeness (QED) is 0.578. The van der Waals surface area contributed by atoms with Gasteiger partial charge in [-0.2, -0.15) is 0 Å². The van der Waals surface area contributed by atoms with Crippen molar-refractivity contribution in [2.45, 2.75) is 0 Å². The number of fused-ring (bicyclic) bond motifs is 1. The van der Waals surface area contributed by atoms with Crippen LogP contribution in [0.1, 0.15) is 10.4 Å². The molecule has 0 saturated carbocycles. The van der Waals surface area contributed by atoms with Gasteiger partial charge in [0.2, 0.25) is 0 Å². The van der Waals surface area contributed by atoms with Gasteiger partial charge in [-0.15, -0.1) is 0 Å². The number of phenols is 1. The van der Waals surface area contributed by atoms with Crippen LogP contribution in [0.3, 0.4) is 0 Å². The number of nitrogens with one attached hydrogen (secondary N) is 2. The number of hydrogen-bond donors (Lipinski definition) is 3. The Morgan fingerprint density at radius 3 is 2.41 bits per heavy atom. The third-order valence-electron chi connectivity index (χ3n) is 3.68. The molecule has 3 aromatic rings. The molecule has 0 aliphatic carbocycles. The van der Waals surface area contributed by atoms with E-state index < -0.39 is 11.8 Å². The van der Waals surface area contributed by atoms with Crippen LogP contribution in [0.4, 0.5) is 0 Å². The fourth-order valence-electron chi connectivity index (χ4n) is 2.37. The number of aromatic hydroxyl groups is 1. The highest BCUT2D eigenvalue weighted by Gasteiger charge is 2.14. The number of carbonyl (C=O) groups excluding carboxylic acids is 2. The molecular weight excluding hydrogens is 391 g/mol. The highest BCUT2D eigenvalue weighted by atomic mass is 35.5. The number of carbonyl (C=O) groups is 2. The number of ether oxygens (including phenoxy) is 1. The summed E-state index contributed by atoms with van der Waals surface area (Å²) in [5.41, 5.74) is 4.47. The normalized spacial score (nSPS) is 10.4. The zero-order chi connectivity index (χ0) is 19.4. The maximum Gasteiger partial charge on any atom is 0.276 e. The summed E-state index contributed by atoms with van der Waals surface area (Å²) >= 11 is 11.8. The largest absolute Gasteiger partial charge is 0.507 e. The molecular formula is C19H14Cl2N2O4. The lowest BCUT2D eigenvalue weighted by Crippen LogP contribution is -2.43. The van der Waals surface area contributed by atoms with Gasteiger partial charge in [0.05, 0.1) is 10.6 Å². The maximum atomic E-state index is 12.2. The van der Waals surface area contributed by atoms with Crippen molar-refractivity contribution in [1.82, 2.24) is 10.9 Å². The molecule has 0 fully saturated rings. The molecule has 0 aromatic heterocycles. The summed E-state index contributed by atoms with van der Waals surface area (Å²) < 4.78 is 5.27. The molecule has 0 saturated heterocycles. The average molecular weight is 405 g/mol. The van der Waals surface area contributed by atoms with Gasteiger partial charge in [0.15, 0.2) is 6.61 Å². The molecule has 27 heavy (non-hydrogen) atoms. The number of benzene rings is 3. The summed E-state index contributed by atoms with van der Waals surface area (Å²) in [7, 11) is 0. The van der Waals surface area contributed by atoms with E-state index in [9.17, 15) is 14.7 Å². The van der Waals surface area contributed by atoms with Crippen molar-refractivity contribution in [1.29, 1.82) is 0 Å². The van der Waals surface area contributed by atoms with Crippen LogP contribution in [0.5, 0.6) is 11.5 Å². The van der Waals surface area contributed by atoms with Crippen LogP contribution in [-0.2, 0) is 4.79 Å². The van der Waals surface area contributed by atoms with E-state index in [1.165, 1.54) is 18.2 Å². The van der Waals surface area contributed by atoms with Crippen LogP contribution in [0.25, 0.3) is 10.8 Å². The van der Waals surface area contributed by atoms with Gasteiger partial charge in [-0.3, -0.25) is 20.4 Å². The Bertz CT molecular complexity index is 1020. The van der Waals surface area contributed by atoms with E-state index in [0.29, 0.717) is 10.0 Å². The summed E-state index contributed by atoms with van der Waals surface area (Å²) in [5.74, 6) is -1.22. The zero-order valence-corrected chi connectivity index (χ0v) is 15.3. The number of rotatable bonds is 4. The summed E-state index contributed by atoms with van der Waals surface area (Å²) in [6, 6.07) is 14.9. The lowest BCUT2D eigenvalue weighted by Gasteiger charge is -2.11. The standard InChI is InChI=1S/C19H14Cl2N2O4/c20-13-5-6-15(21)17(9-13)27-10-18(25)22-23-19(26)14-7-11-3-1-2-4-12(11)8-16(14)24/h1-9,24H,10H2,(H,22,25)(H,23,26). The Labute approximate surface area is 164 Å². The Morgan fingerprint density at radius 1 is 0.963 bits per heavy atom. The van der Waals surface area contributed by atoms with E-state index in [1.807, 2.05) is 24.3 Å². The minimum absolute atomic E-state index is 0.0350. The Morgan fingerprint density at radius 2 is 1.67 bits per heavy atom. The second-order valence-corrected chi connectivity index (χ2v) is 6.43. The predicted molar refractivity (Wildman–Crippen MR) is 103 cm³/mol. The van der Waals surface area contributed by atoms with Gasteiger partial charge < -0.3 is 9.84 Å². The molecule has 0 aliphatic rings. The fourth-order valence-corrected chi connectivity index (χ4v) is 2.71. The van der Waals surface area contributed by atoms with E-state index in [-0.39, 0.29) is 23.7 Å². The second kappa shape index (κ2) is 8.16. The van der Waals surface area contributed by atoms with Crippen LogP contribution in [-0.4, -0.2) is 23.5 Å². The zero-order valence-electron chi connectivity index (χ0n) is 13.8. The molecule has 138 valence electrons. The first-order chi connectivity index (χ1) is 12.9. The Balaban J connectivity index is 1.59. The summed E-state index contributed by atoms with van der Waals surface area (Å²) in [6.45, 7) is -0.385. The highest BCUT2D eigenvalue weighted by Crippen LogP contribution is 2.27. The van der Waals surface area contributed by atoms with Crippen molar-refractivity contribution >= 4 is 45.8 Å². The van der Waals surface area contributed by atoms with Gasteiger partial charge in [-0.05, 0) is 35.0 Å².